The molecule has 2 N–H and O–H groups in total. The van der Waals surface area contributed by atoms with Gasteiger partial charge in [0.1, 0.15) is 20.6 Å². The first-order chi connectivity index (χ1) is 10.5. The van der Waals surface area contributed by atoms with Crippen LogP contribution < -0.4 is 5.32 Å². The Kier molecular flexibility index (Phi) is 6.64. The Morgan fingerprint density at radius 2 is 1.96 bits per heavy atom. The van der Waals surface area contributed by atoms with E-state index >= 15 is 0 Å². The predicted molar refractivity (Wildman–Crippen MR) is 92.5 cm³/mol. The first-order valence-electron chi connectivity index (χ1n) is 7.12. The topological polar surface area (TPSA) is 93.5 Å². The molecule has 130 valence electrons. The molecule has 0 spiro atoms. The van der Waals surface area contributed by atoms with Gasteiger partial charge in [-0.3, -0.25) is 0 Å². The van der Waals surface area contributed by atoms with Crippen molar-refractivity contribution in [2.45, 2.75) is 58.7 Å². The van der Waals surface area contributed by atoms with Gasteiger partial charge in [0, 0.05) is 6.42 Å². The van der Waals surface area contributed by atoms with Gasteiger partial charge in [0.15, 0.2) is 6.04 Å². The number of amides is 1. The van der Waals surface area contributed by atoms with Gasteiger partial charge in [-0.1, -0.05) is 6.92 Å². The molecule has 0 aliphatic carbocycles. The number of carboxylic acid groups (broad SMARTS) is 1. The molecule has 0 aliphatic heterocycles. The van der Waals surface area contributed by atoms with Crippen molar-refractivity contribution in [2.24, 2.45) is 0 Å². The average molecular weight is 455 g/mol. The summed E-state index contributed by atoms with van der Waals surface area (Å²) < 4.78 is 8.08. The number of aryl methyl sites for hydroxylation is 1. The summed E-state index contributed by atoms with van der Waals surface area (Å²) in [5.41, 5.74) is -0.705. The van der Waals surface area contributed by atoms with Crippen molar-refractivity contribution in [3.63, 3.8) is 0 Å². The van der Waals surface area contributed by atoms with Crippen molar-refractivity contribution in [3.8, 4) is 0 Å². The zero-order valence-electron chi connectivity index (χ0n) is 13.7. The van der Waals surface area contributed by atoms with E-state index in [1.54, 1.807) is 32.3 Å². The van der Waals surface area contributed by atoms with E-state index in [4.69, 9.17) is 4.74 Å². The quantitative estimate of drug-likeness (QED) is 0.709. The van der Waals surface area contributed by atoms with Gasteiger partial charge in [0.25, 0.3) is 0 Å². The molecule has 2 atom stereocenters. The summed E-state index contributed by atoms with van der Waals surface area (Å²) >= 11 is 6.71. The average Bonchev–Trinajstić information content (AvgIpc) is 2.68. The minimum Gasteiger partial charge on any atom is -0.480 e. The number of imidazole rings is 1. The highest BCUT2D eigenvalue weighted by molar-refractivity contribution is 9.13. The van der Waals surface area contributed by atoms with Crippen molar-refractivity contribution in [3.05, 3.63) is 15.0 Å². The molecule has 7 nitrogen and oxygen atoms in total. The molecule has 1 aromatic heterocycles. The summed E-state index contributed by atoms with van der Waals surface area (Å²) in [7, 11) is 0. The monoisotopic (exact) mass is 453 g/mol. The van der Waals surface area contributed by atoms with Gasteiger partial charge >= 0.3 is 12.1 Å². The molecule has 0 saturated heterocycles. The molecule has 1 amide bonds. The number of nitrogens with one attached hydrogen (secondary N) is 1. The fraction of sp³-hybridized carbons (Fsp3) is 0.643. The van der Waals surface area contributed by atoms with Crippen molar-refractivity contribution in [1.82, 2.24) is 14.9 Å². The van der Waals surface area contributed by atoms with E-state index in [9.17, 15) is 14.7 Å². The molecule has 1 rings (SSSR count). The molecular weight excluding hydrogens is 434 g/mol. The molecule has 9 heteroatoms. The maximum Gasteiger partial charge on any atom is 0.408 e. The second-order valence-electron chi connectivity index (χ2n) is 6.04. The fourth-order valence-corrected chi connectivity index (χ4v) is 3.07. The molecule has 1 aromatic rings. The molecule has 0 aliphatic rings. The summed E-state index contributed by atoms with van der Waals surface area (Å²) in [5.74, 6) is -0.448. The zero-order chi connectivity index (χ0) is 17.9. The molecular formula is C14H21Br2N3O4. The maximum atomic E-state index is 11.9. The number of aliphatic carboxylic acids is 1. The van der Waals surface area contributed by atoms with Gasteiger partial charge in [-0.25, -0.2) is 14.6 Å². The smallest absolute Gasteiger partial charge is 0.408 e. The predicted octanol–water partition coefficient (Wildman–Crippen LogP) is 3.51. The number of carbonyl (C=O) groups is 2. The number of hydrogen-bond donors (Lipinski definition) is 2. The van der Waals surface area contributed by atoms with Crippen LogP contribution in [0.25, 0.3) is 0 Å². The molecule has 0 bridgehead atoms. The molecule has 2 unspecified atom stereocenters. The van der Waals surface area contributed by atoms with Crippen LogP contribution in [-0.4, -0.2) is 38.4 Å². The van der Waals surface area contributed by atoms with Gasteiger partial charge in [0.2, 0.25) is 0 Å². The van der Waals surface area contributed by atoms with Gasteiger partial charge in [-0.05, 0) is 59.6 Å². The lowest BCUT2D eigenvalue weighted by molar-refractivity contribution is -0.140. The molecule has 23 heavy (non-hydrogen) atoms. The number of hydrogen-bond acceptors (Lipinski definition) is 4. The number of alkyl carbamates (subject to hydrolysis) is 1. The minimum atomic E-state index is -1.16. The lowest BCUT2D eigenvalue weighted by Crippen LogP contribution is -2.47. The summed E-state index contributed by atoms with van der Waals surface area (Å²) in [6.07, 6.45) is -0.155. The standard InChI is InChI=1S/C14H21Br2N3O4/c1-6-8-17-10(15)11(16)19(8)7(2)9(12(20)21)18-13(22)23-14(3,4)5/h7,9H,6H2,1-5H3,(H,18,22)(H,20,21). The zero-order valence-corrected chi connectivity index (χ0v) is 16.9. The van der Waals surface area contributed by atoms with Crippen molar-refractivity contribution >= 4 is 43.9 Å². The van der Waals surface area contributed by atoms with Crippen LogP contribution >= 0.6 is 31.9 Å². The highest BCUT2D eigenvalue weighted by Gasteiger charge is 2.32. The van der Waals surface area contributed by atoms with E-state index in [-0.39, 0.29) is 0 Å². The molecule has 0 aromatic carbocycles. The van der Waals surface area contributed by atoms with E-state index in [1.165, 1.54) is 0 Å². The number of nitrogens with zero attached hydrogens (tertiary/aromatic N) is 2. The Morgan fingerprint density at radius 3 is 2.39 bits per heavy atom. The Morgan fingerprint density at radius 1 is 1.39 bits per heavy atom. The van der Waals surface area contributed by atoms with Crippen LogP contribution in [0, 0.1) is 0 Å². The van der Waals surface area contributed by atoms with Crippen LogP contribution in [0.1, 0.15) is 46.5 Å². The van der Waals surface area contributed by atoms with Gasteiger partial charge in [-0.15, -0.1) is 0 Å². The summed E-state index contributed by atoms with van der Waals surface area (Å²) in [6, 6.07) is -1.73. The van der Waals surface area contributed by atoms with Crippen LogP contribution in [0.15, 0.2) is 9.21 Å². The first kappa shape index (κ1) is 20.0. The largest absolute Gasteiger partial charge is 0.480 e. The Labute approximate surface area is 152 Å². The number of ether oxygens (including phenoxy) is 1. The van der Waals surface area contributed by atoms with Gasteiger partial charge < -0.3 is 19.7 Å². The van der Waals surface area contributed by atoms with Crippen LogP contribution in [0.2, 0.25) is 0 Å². The molecule has 0 radical (unpaired) electrons. The van der Waals surface area contributed by atoms with Crippen molar-refractivity contribution in [2.75, 3.05) is 0 Å². The van der Waals surface area contributed by atoms with E-state index in [0.29, 0.717) is 21.5 Å². The van der Waals surface area contributed by atoms with Crippen LogP contribution in [0.5, 0.6) is 0 Å². The van der Waals surface area contributed by atoms with Crippen molar-refractivity contribution < 1.29 is 19.4 Å². The van der Waals surface area contributed by atoms with E-state index in [2.05, 4.69) is 42.2 Å². The Bertz CT molecular complexity index is 596. The van der Waals surface area contributed by atoms with E-state index in [1.807, 2.05) is 6.92 Å². The normalized spacial score (nSPS) is 14.2. The van der Waals surface area contributed by atoms with Crippen molar-refractivity contribution in [1.29, 1.82) is 0 Å². The Hall–Kier alpha value is -1.09. The minimum absolute atomic E-state index is 0.567. The number of rotatable bonds is 5. The number of halogens is 2. The summed E-state index contributed by atoms with van der Waals surface area (Å²) in [4.78, 5) is 27.8. The number of aromatic nitrogens is 2. The highest BCUT2D eigenvalue weighted by atomic mass is 79.9. The second-order valence-corrected chi connectivity index (χ2v) is 7.54. The summed E-state index contributed by atoms with van der Waals surface area (Å²) in [5, 5.41) is 11.9. The third-order valence-electron chi connectivity index (χ3n) is 3.03. The molecule has 1 heterocycles. The van der Waals surface area contributed by atoms with Crippen LogP contribution in [-0.2, 0) is 16.0 Å². The van der Waals surface area contributed by atoms with E-state index < -0.39 is 29.7 Å². The molecule has 0 fully saturated rings. The third-order valence-corrected chi connectivity index (χ3v) is 4.87. The van der Waals surface area contributed by atoms with E-state index in [0.717, 1.165) is 0 Å². The van der Waals surface area contributed by atoms with Crippen LogP contribution in [0.3, 0.4) is 0 Å². The van der Waals surface area contributed by atoms with Gasteiger partial charge in [0.05, 0.1) is 6.04 Å². The highest BCUT2D eigenvalue weighted by Crippen LogP contribution is 2.29. The lowest BCUT2D eigenvalue weighted by Gasteiger charge is -2.26. The number of carbonyl (C=O) groups excluding carboxylic acids is 1. The Balaban J connectivity index is 3.07. The van der Waals surface area contributed by atoms with Crippen LogP contribution in [0.4, 0.5) is 4.79 Å². The lowest BCUT2D eigenvalue weighted by atomic mass is 10.1. The number of carboxylic acids is 1. The van der Waals surface area contributed by atoms with Gasteiger partial charge in [-0.2, -0.15) is 0 Å². The molecule has 0 saturated carbocycles. The fourth-order valence-electron chi connectivity index (χ4n) is 2.06. The second kappa shape index (κ2) is 7.65. The third kappa shape index (κ3) is 5.20. The maximum absolute atomic E-state index is 11.9. The summed E-state index contributed by atoms with van der Waals surface area (Å²) in [6.45, 7) is 8.76. The first-order valence-corrected chi connectivity index (χ1v) is 8.71. The SMILES string of the molecule is CCc1nc(Br)c(Br)n1C(C)C(NC(=O)OC(C)(C)C)C(=O)O.